The van der Waals surface area contributed by atoms with E-state index in [2.05, 4.69) is 27.1 Å². The lowest BCUT2D eigenvalue weighted by atomic mass is 10.0. The van der Waals surface area contributed by atoms with E-state index in [-0.39, 0.29) is 16.2 Å². The van der Waals surface area contributed by atoms with Crippen LogP contribution in [0.4, 0.5) is 0 Å². The van der Waals surface area contributed by atoms with Crippen LogP contribution in [-0.2, 0) is 21.4 Å². The number of carbonyl (C=O) groups excluding carboxylic acids is 1. The summed E-state index contributed by atoms with van der Waals surface area (Å²) in [6.07, 6.45) is 1.73. The maximum absolute atomic E-state index is 12.4. The molecule has 1 fully saturated rings. The predicted molar refractivity (Wildman–Crippen MR) is 107 cm³/mol. The molecule has 27 heavy (non-hydrogen) atoms. The van der Waals surface area contributed by atoms with Crippen LogP contribution in [0.5, 0.6) is 0 Å². The van der Waals surface area contributed by atoms with Gasteiger partial charge in [0.1, 0.15) is 4.21 Å². The van der Waals surface area contributed by atoms with Gasteiger partial charge in [-0.25, -0.2) is 8.42 Å². The number of rotatable bonds is 7. The second kappa shape index (κ2) is 8.97. The van der Waals surface area contributed by atoms with Crippen LogP contribution >= 0.6 is 11.3 Å². The maximum Gasteiger partial charge on any atom is 0.250 e. The molecule has 1 saturated heterocycles. The quantitative estimate of drug-likeness (QED) is 0.738. The summed E-state index contributed by atoms with van der Waals surface area (Å²) in [5, 5.41) is 4.68. The first-order chi connectivity index (χ1) is 12.9. The van der Waals surface area contributed by atoms with E-state index in [1.807, 2.05) is 18.2 Å². The molecular formula is C19H25N3O3S2. The van der Waals surface area contributed by atoms with Crippen LogP contribution in [-0.4, -0.2) is 44.4 Å². The first-order valence-corrected chi connectivity index (χ1v) is 11.4. The van der Waals surface area contributed by atoms with Crippen molar-refractivity contribution in [2.75, 3.05) is 13.1 Å². The number of benzene rings is 1. The molecule has 0 saturated carbocycles. The fraction of sp³-hybridized carbons (Fsp3) is 0.421. The highest BCUT2D eigenvalue weighted by Gasteiger charge is 2.26. The summed E-state index contributed by atoms with van der Waals surface area (Å²) in [6, 6.07) is 12.8. The van der Waals surface area contributed by atoms with Gasteiger partial charge in [-0.2, -0.15) is 4.72 Å². The fourth-order valence-electron chi connectivity index (χ4n) is 3.16. The van der Waals surface area contributed by atoms with Gasteiger partial charge in [0.05, 0.1) is 6.04 Å². The Labute approximate surface area is 164 Å². The molecule has 6 nitrogen and oxygen atoms in total. The zero-order valence-electron chi connectivity index (χ0n) is 15.3. The molecule has 146 valence electrons. The minimum Gasteiger partial charge on any atom is -0.352 e. The molecule has 1 aromatic heterocycles. The van der Waals surface area contributed by atoms with E-state index < -0.39 is 16.1 Å². The van der Waals surface area contributed by atoms with Gasteiger partial charge in [-0.1, -0.05) is 36.4 Å². The molecule has 8 heteroatoms. The number of amides is 1. The standard InChI is InChI=1S/C19H25N3O3S2/c1-15(21-27(24,25)18-8-5-13-26-18)19(23)20-17-9-11-22(12-10-17)14-16-6-3-2-4-7-16/h2-8,13,15,17,21H,9-12,14H2,1H3,(H,20,23)/t15-/m1/s1. The number of sulfonamides is 1. The van der Waals surface area contributed by atoms with Gasteiger partial charge in [0, 0.05) is 25.7 Å². The molecule has 0 bridgehead atoms. The summed E-state index contributed by atoms with van der Waals surface area (Å²) in [5.74, 6) is -0.281. The lowest BCUT2D eigenvalue weighted by molar-refractivity contribution is -0.123. The molecule has 0 radical (unpaired) electrons. The molecule has 2 N–H and O–H groups in total. The Hall–Kier alpha value is -1.74. The predicted octanol–water partition coefficient (Wildman–Crippen LogP) is 2.20. The van der Waals surface area contributed by atoms with E-state index in [4.69, 9.17) is 0 Å². The fourth-order valence-corrected chi connectivity index (χ4v) is 5.38. The lowest BCUT2D eigenvalue weighted by Gasteiger charge is -2.32. The molecule has 1 aromatic carbocycles. The Morgan fingerprint density at radius 1 is 1.19 bits per heavy atom. The number of thiophene rings is 1. The van der Waals surface area contributed by atoms with Gasteiger partial charge in [0.15, 0.2) is 0 Å². The molecule has 0 unspecified atom stereocenters. The lowest BCUT2D eigenvalue weighted by Crippen LogP contribution is -2.50. The van der Waals surface area contributed by atoms with Gasteiger partial charge in [-0.05, 0) is 36.8 Å². The van der Waals surface area contributed by atoms with Crippen molar-refractivity contribution in [2.45, 2.75) is 42.6 Å². The minimum absolute atomic E-state index is 0.0817. The third kappa shape index (κ3) is 5.62. The third-order valence-corrected chi connectivity index (χ3v) is 7.61. The van der Waals surface area contributed by atoms with Gasteiger partial charge in [-0.15, -0.1) is 11.3 Å². The topological polar surface area (TPSA) is 78.5 Å². The van der Waals surface area contributed by atoms with Crippen molar-refractivity contribution >= 4 is 27.3 Å². The Morgan fingerprint density at radius 3 is 2.52 bits per heavy atom. The van der Waals surface area contributed by atoms with Crippen molar-refractivity contribution in [1.82, 2.24) is 14.9 Å². The molecule has 1 aliphatic rings. The van der Waals surface area contributed by atoms with E-state index >= 15 is 0 Å². The van der Waals surface area contributed by atoms with E-state index in [0.29, 0.717) is 0 Å². The maximum atomic E-state index is 12.4. The zero-order chi connectivity index (χ0) is 19.3. The van der Waals surface area contributed by atoms with Crippen molar-refractivity contribution < 1.29 is 13.2 Å². The van der Waals surface area contributed by atoms with Crippen LogP contribution in [0, 0.1) is 0 Å². The van der Waals surface area contributed by atoms with Crippen LogP contribution in [0.1, 0.15) is 25.3 Å². The minimum atomic E-state index is -3.65. The number of hydrogen-bond acceptors (Lipinski definition) is 5. The van der Waals surface area contributed by atoms with Crippen molar-refractivity contribution in [1.29, 1.82) is 0 Å². The van der Waals surface area contributed by atoms with Crippen molar-refractivity contribution in [2.24, 2.45) is 0 Å². The number of carbonyl (C=O) groups is 1. The molecule has 2 aromatic rings. The third-order valence-electron chi connectivity index (χ3n) is 4.67. The number of nitrogens with zero attached hydrogens (tertiary/aromatic N) is 1. The van der Waals surface area contributed by atoms with E-state index in [0.717, 1.165) is 43.8 Å². The number of hydrogen-bond donors (Lipinski definition) is 2. The monoisotopic (exact) mass is 407 g/mol. The molecular weight excluding hydrogens is 382 g/mol. The second-order valence-electron chi connectivity index (χ2n) is 6.82. The highest BCUT2D eigenvalue weighted by molar-refractivity contribution is 7.91. The smallest absolute Gasteiger partial charge is 0.250 e. The van der Waals surface area contributed by atoms with Crippen LogP contribution in [0.25, 0.3) is 0 Å². The molecule has 1 amide bonds. The van der Waals surface area contributed by atoms with E-state index in [1.54, 1.807) is 18.4 Å². The summed E-state index contributed by atoms with van der Waals surface area (Å²) in [5.41, 5.74) is 1.29. The Kier molecular flexibility index (Phi) is 6.64. The van der Waals surface area contributed by atoms with Crippen molar-refractivity contribution in [3.8, 4) is 0 Å². The summed E-state index contributed by atoms with van der Waals surface area (Å²) in [7, 11) is -3.65. The summed E-state index contributed by atoms with van der Waals surface area (Å²) >= 11 is 1.13. The van der Waals surface area contributed by atoms with Gasteiger partial charge < -0.3 is 5.32 Å². The van der Waals surface area contributed by atoms with Gasteiger partial charge >= 0.3 is 0 Å². The van der Waals surface area contributed by atoms with Crippen LogP contribution < -0.4 is 10.0 Å². The molecule has 1 aliphatic heterocycles. The number of likely N-dealkylation sites (tertiary alicyclic amines) is 1. The zero-order valence-corrected chi connectivity index (χ0v) is 16.9. The molecule has 0 aliphatic carbocycles. The van der Waals surface area contributed by atoms with Gasteiger partial charge in [-0.3, -0.25) is 9.69 Å². The Morgan fingerprint density at radius 2 is 1.89 bits per heavy atom. The molecule has 2 heterocycles. The average molecular weight is 408 g/mol. The average Bonchev–Trinajstić information content (AvgIpc) is 3.19. The first-order valence-electron chi connectivity index (χ1n) is 9.06. The Bertz CT molecular complexity index is 830. The number of nitrogens with one attached hydrogen (secondary N) is 2. The largest absolute Gasteiger partial charge is 0.352 e. The van der Waals surface area contributed by atoms with Crippen LogP contribution in [0.15, 0.2) is 52.1 Å². The Balaban J connectivity index is 1.45. The highest BCUT2D eigenvalue weighted by Crippen LogP contribution is 2.16. The van der Waals surface area contributed by atoms with E-state index in [9.17, 15) is 13.2 Å². The molecule has 3 rings (SSSR count). The summed E-state index contributed by atoms with van der Waals surface area (Å²) < 4.78 is 27.1. The number of piperidine rings is 1. The highest BCUT2D eigenvalue weighted by atomic mass is 32.2. The van der Waals surface area contributed by atoms with Gasteiger partial charge in [0.25, 0.3) is 10.0 Å². The van der Waals surface area contributed by atoms with Crippen molar-refractivity contribution in [3.05, 3.63) is 53.4 Å². The van der Waals surface area contributed by atoms with E-state index in [1.165, 1.54) is 11.6 Å². The van der Waals surface area contributed by atoms with Crippen LogP contribution in [0.2, 0.25) is 0 Å². The SMILES string of the molecule is C[C@@H](NS(=O)(=O)c1cccs1)C(=O)NC1CCN(Cc2ccccc2)CC1. The molecule has 1 atom stereocenters. The van der Waals surface area contributed by atoms with Crippen LogP contribution in [0.3, 0.4) is 0 Å². The summed E-state index contributed by atoms with van der Waals surface area (Å²) in [4.78, 5) is 14.8. The van der Waals surface area contributed by atoms with Gasteiger partial charge in [0.2, 0.25) is 5.91 Å². The molecule has 0 spiro atoms. The first kappa shape index (κ1) is 20.0. The van der Waals surface area contributed by atoms with Crippen molar-refractivity contribution in [3.63, 3.8) is 0 Å². The summed E-state index contributed by atoms with van der Waals surface area (Å²) in [6.45, 7) is 4.31. The normalized spacial score (nSPS) is 17.5. The second-order valence-corrected chi connectivity index (χ2v) is 9.71.